The number of hydrogen-bond acceptors (Lipinski definition) is 7. The fourth-order valence-corrected chi connectivity index (χ4v) is 2.31. The van der Waals surface area contributed by atoms with Crippen LogP contribution in [0.15, 0.2) is 53.8 Å². The second-order valence-electron chi connectivity index (χ2n) is 4.92. The number of nitrogens with one attached hydrogen (secondary N) is 1. The van der Waals surface area contributed by atoms with Crippen molar-refractivity contribution < 1.29 is 9.84 Å². The van der Waals surface area contributed by atoms with E-state index in [2.05, 4.69) is 25.7 Å². The van der Waals surface area contributed by atoms with Crippen LogP contribution in [0.2, 0.25) is 5.02 Å². The van der Waals surface area contributed by atoms with Crippen LogP contribution in [-0.4, -0.2) is 33.6 Å². The average Bonchev–Trinajstić information content (AvgIpc) is 2.65. The van der Waals surface area contributed by atoms with Gasteiger partial charge in [-0.1, -0.05) is 35.9 Å². The molecule has 0 amide bonds. The normalized spacial score (nSPS) is 10.8. The molecule has 0 saturated heterocycles. The topological polar surface area (TPSA) is 92.5 Å². The first-order valence-corrected chi connectivity index (χ1v) is 7.66. The van der Waals surface area contributed by atoms with Crippen molar-refractivity contribution >= 4 is 23.8 Å². The molecule has 0 bridgehead atoms. The SMILES string of the molecule is COc1ccccc1-c1cnnc(NN=Cc2cccc(O)c2Cl)n1. The Hall–Kier alpha value is -3.19. The fraction of sp³-hybridized carbons (Fsp3) is 0.0588. The summed E-state index contributed by atoms with van der Waals surface area (Å²) >= 11 is 5.99. The lowest BCUT2D eigenvalue weighted by Crippen LogP contribution is -2.00. The van der Waals surface area contributed by atoms with Gasteiger partial charge in [-0.05, 0) is 18.2 Å². The van der Waals surface area contributed by atoms with Gasteiger partial charge in [0.05, 0.1) is 30.2 Å². The van der Waals surface area contributed by atoms with Crippen molar-refractivity contribution in [3.8, 4) is 22.8 Å². The quantitative estimate of drug-likeness (QED) is 0.538. The molecule has 0 aliphatic carbocycles. The van der Waals surface area contributed by atoms with Crippen LogP contribution in [0, 0.1) is 0 Å². The number of nitrogens with zero attached hydrogens (tertiary/aromatic N) is 4. The number of methoxy groups -OCH3 is 1. The Balaban J connectivity index is 1.80. The van der Waals surface area contributed by atoms with Crippen molar-refractivity contribution in [2.45, 2.75) is 0 Å². The first-order chi connectivity index (χ1) is 12.2. The molecule has 0 aliphatic rings. The molecule has 0 fully saturated rings. The van der Waals surface area contributed by atoms with Gasteiger partial charge in [0.15, 0.2) is 0 Å². The molecule has 8 heteroatoms. The predicted molar refractivity (Wildman–Crippen MR) is 96.1 cm³/mol. The Bertz CT molecular complexity index is 917. The molecule has 0 aliphatic heterocycles. The van der Waals surface area contributed by atoms with E-state index in [4.69, 9.17) is 16.3 Å². The van der Waals surface area contributed by atoms with Gasteiger partial charge in [-0.2, -0.15) is 10.2 Å². The van der Waals surface area contributed by atoms with E-state index in [-0.39, 0.29) is 16.7 Å². The minimum Gasteiger partial charge on any atom is -0.506 e. The van der Waals surface area contributed by atoms with Gasteiger partial charge in [0.2, 0.25) is 0 Å². The zero-order chi connectivity index (χ0) is 17.6. The number of hydrogen-bond donors (Lipinski definition) is 2. The second-order valence-corrected chi connectivity index (χ2v) is 5.29. The highest BCUT2D eigenvalue weighted by molar-refractivity contribution is 6.34. The number of aromatic hydroxyl groups is 1. The van der Waals surface area contributed by atoms with Crippen molar-refractivity contribution in [1.82, 2.24) is 15.2 Å². The zero-order valence-corrected chi connectivity index (χ0v) is 14.0. The lowest BCUT2D eigenvalue weighted by Gasteiger charge is -2.07. The number of para-hydroxylation sites is 1. The predicted octanol–water partition coefficient (Wildman–Crippen LogP) is 3.35. The van der Waals surface area contributed by atoms with Gasteiger partial charge in [0.1, 0.15) is 11.5 Å². The van der Waals surface area contributed by atoms with Gasteiger partial charge in [0.25, 0.3) is 5.95 Å². The summed E-state index contributed by atoms with van der Waals surface area (Å²) in [6, 6.07) is 12.4. The summed E-state index contributed by atoms with van der Waals surface area (Å²) in [6.45, 7) is 0. The van der Waals surface area contributed by atoms with Gasteiger partial charge >= 0.3 is 0 Å². The third-order valence-electron chi connectivity index (χ3n) is 3.32. The van der Waals surface area contributed by atoms with Crippen molar-refractivity contribution in [3.63, 3.8) is 0 Å². The van der Waals surface area contributed by atoms with Crippen molar-refractivity contribution in [2.75, 3.05) is 12.5 Å². The molecule has 2 aromatic carbocycles. The van der Waals surface area contributed by atoms with Crippen LogP contribution in [0.3, 0.4) is 0 Å². The molecule has 2 N–H and O–H groups in total. The number of halogens is 1. The standard InChI is InChI=1S/C17H14ClN5O2/c1-25-15-8-3-2-6-12(15)13-10-20-23-17(21-13)22-19-9-11-5-4-7-14(24)16(11)18/h2-10,24H,1H3,(H,21,22,23). The number of hydrazone groups is 1. The summed E-state index contributed by atoms with van der Waals surface area (Å²) in [4.78, 5) is 4.36. The molecule has 0 radical (unpaired) electrons. The van der Waals surface area contributed by atoms with Gasteiger partial charge in [0, 0.05) is 11.1 Å². The highest BCUT2D eigenvalue weighted by atomic mass is 35.5. The Labute approximate surface area is 149 Å². The van der Waals surface area contributed by atoms with Gasteiger partial charge < -0.3 is 9.84 Å². The van der Waals surface area contributed by atoms with E-state index in [9.17, 15) is 5.11 Å². The van der Waals surface area contributed by atoms with Gasteiger partial charge in [-0.25, -0.2) is 10.4 Å². The molecule has 3 aromatic rings. The Morgan fingerprint density at radius 3 is 2.88 bits per heavy atom. The molecule has 0 atom stereocenters. The number of anilines is 1. The van der Waals surface area contributed by atoms with Crippen molar-refractivity contribution in [3.05, 3.63) is 59.2 Å². The van der Waals surface area contributed by atoms with Crippen LogP contribution in [0.25, 0.3) is 11.3 Å². The average molecular weight is 356 g/mol. The summed E-state index contributed by atoms with van der Waals surface area (Å²) in [7, 11) is 1.59. The molecule has 0 spiro atoms. The van der Waals surface area contributed by atoms with Crippen LogP contribution >= 0.6 is 11.6 Å². The van der Waals surface area contributed by atoms with Gasteiger partial charge in [-0.3, -0.25) is 0 Å². The van der Waals surface area contributed by atoms with Crippen molar-refractivity contribution in [2.24, 2.45) is 5.10 Å². The first-order valence-electron chi connectivity index (χ1n) is 7.28. The maximum atomic E-state index is 9.57. The Morgan fingerprint density at radius 1 is 1.20 bits per heavy atom. The number of rotatable bonds is 5. The van der Waals surface area contributed by atoms with Crippen LogP contribution in [-0.2, 0) is 0 Å². The summed E-state index contributed by atoms with van der Waals surface area (Å²) in [6.07, 6.45) is 3.00. The molecule has 1 aromatic heterocycles. The molecule has 7 nitrogen and oxygen atoms in total. The van der Waals surface area contributed by atoms with Gasteiger partial charge in [-0.15, -0.1) is 5.10 Å². The van der Waals surface area contributed by atoms with E-state index >= 15 is 0 Å². The van der Waals surface area contributed by atoms with Crippen LogP contribution in [0.4, 0.5) is 5.95 Å². The van der Waals surface area contributed by atoms with E-state index in [0.717, 1.165) is 5.56 Å². The van der Waals surface area contributed by atoms with Crippen LogP contribution < -0.4 is 10.2 Å². The van der Waals surface area contributed by atoms with Crippen LogP contribution in [0.5, 0.6) is 11.5 Å². The third-order valence-corrected chi connectivity index (χ3v) is 3.73. The summed E-state index contributed by atoms with van der Waals surface area (Å²) < 4.78 is 5.33. The molecule has 1 heterocycles. The molecule has 126 valence electrons. The molecule has 0 saturated carbocycles. The minimum absolute atomic E-state index is 0.0123. The second kappa shape index (κ2) is 7.59. The highest BCUT2D eigenvalue weighted by Gasteiger charge is 2.08. The Kier molecular flexibility index (Phi) is 5.06. The first kappa shape index (κ1) is 16.7. The minimum atomic E-state index is -0.0123. The summed E-state index contributed by atoms with van der Waals surface area (Å²) in [5.74, 6) is 0.890. The third kappa shape index (κ3) is 3.84. The molecular weight excluding hydrogens is 342 g/mol. The van der Waals surface area contributed by atoms with Crippen molar-refractivity contribution in [1.29, 1.82) is 0 Å². The maximum Gasteiger partial charge on any atom is 0.263 e. The van der Waals surface area contributed by atoms with E-state index in [1.165, 1.54) is 12.3 Å². The number of benzene rings is 2. The van der Waals surface area contributed by atoms with E-state index in [0.29, 0.717) is 17.0 Å². The lowest BCUT2D eigenvalue weighted by atomic mass is 10.1. The van der Waals surface area contributed by atoms with E-state index in [1.54, 1.807) is 25.4 Å². The lowest BCUT2D eigenvalue weighted by molar-refractivity contribution is 0.416. The molecular formula is C17H14ClN5O2. The molecule has 3 rings (SSSR count). The highest BCUT2D eigenvalue weighted by Crippen LogP contribution is 2.28. The molecule has 0 unspecified atom stereocenters. The summed E-state index contributed by atoms with van der Waals surface area (Å²) in [5.41, 5.74) is 4.64. The monoisotopic (exact) mass is 355 g/mol. The number of ether oxygens (including phenoxy) is 1. The fourth-order valence-electron chi connectivity index (χ4n) is 2.13. The summed E-state index contributed by atoms with van der Waals surface area (Å²) in [5, 5.41) is 21.6. The van der Waals surface area contributed by atoms with E-state index in [1.807, 2.05) is 24.3 Å². The smallest absolute Gasteiger partial charge is 0.263 e. The zero-order valence-electron chi connectivity index (χ0n) is 13.2. The Morgan fingerprint density at radius 2 is 2.04 bits per heavy atom. The van der Waals surface area contributed by atoms with Crippen LogP contribution in [0.1, 0.15) is 5.56 Å². The number of phenols is 1. The largest absolute Gasteiger partial charge is 0.506 e. The van der Waals surface area contributed by atoms with E-state index < -0.39 is 0 Å². The number of phenolic OH excluding ortho intramolecular Hbond substituents is 1. The maximum absolute atomic E-state index is 9.57. The molecule has 25 heavy (non-hydrogen) atoms. The number of aromatic nitrogens is 3.